The summed E-state index contributed by atoms with van der Waals surface area (Å²) in [7, 11) is 0. The lowest BCUT2D eigenvalue weighted by Crippen LogP contribution is -2.54. The first-order chi connectivity index (χ1) is 14.3. The number of fused-ring (bicyclic) bond motifs is 2. The number of piperazine rings is 1. The van der Waals surface area contributed by atoms with Crippen molar-refractivity contribution in [1.29, 1.82) is 0 Å². The molecule has 0 bridgehead atoms. The highest BCUT2D eigenvalue weighted by atomic mass is 35.5. The molecule has 4 heterocycles. The molecule has 3 aromatic rings. The first-order valence-corrected chi connectivity index (χ1v) is 10.8. The number of aromatic nitrogens is 2. The fourth-order valence-corrected chi connectivity index (χ4v) is 4.61. The van der Waals surface area contributed by atoms with Gasteiger partial charge in [0, 0.05) is 54.5 Å². The van der Waals surface area contributed by atoms with E-state index in [1.165, 1.54) is 41.5 Å². The Bertz CT molecular complexity index is 978. The van der Waals surface area contributed by atoms with Crippen LogP contribution >= 0.6 is 11.6 Å². The van der Waals surface area contributed by atoms with Crippen LogP contribution in [0.4, 0.5) is 11.5 Å². The lowest BCUT2D eigenvalue weighted by atomic mass is 10.1. The van der Waals surface area contributed by atoms with Gasteiger partial charge in [0.1, 0.15) is 6.67 Å². The van der Waals surface area contributed by atoms with Crippen molar-refractivity contribution < 1.29 is 0 Å². The van der Waals surface area contributed by atoms with Crippen LogP contribution in [0.1, 0.15) is 18.4 Å². The SMILES string of the molecule is Clc1ccc2[nH]cc(CCCCN3CCN(N4CNc5ncccc54)CC3)c2c1. The number of nitrogens with one attached hydrogen (secondary N) is 2. The van der Waals surface area contributed by atoms with Gasteiger partial charge in [0.2, 0.25) is 0 Å². The van der Waals surface area contributed by atoms with E-state index < -0.39 is 0 Å². The Morgan fingerprint density at radius 1 is 1.07 bits per heavy atom. The Morgan fingerprint density at radius 2 is 1.97 bits per heavy atom. The highest BCUT2D eigenvalue weighted by Gasteiger charge is 2.27. The van der Waals surface area contributed by atoms with Crippen molar-refractivity contribution >= 4 is 34.0 Å². The number of anilines is 2. The van der Waals surface area contributed by atoms with Gasteiger partial charge < -0.3 is 15.2 Å². The predicted molar refractivity (Wildman–Crippen MR) is 119 cm³/mol. The van der Waals surface area contributed by atoms with E-state index in [4.69, 9.17) is 11.6 Å². The van der Waals surface area contributed by atoms with E-state index in [0.29, 0.717) is 0 Å². The molecule has 2 N–H and O–H groups in total. The maximum atomic E-state index is 6.16. The smallest absolute Gasteiger partial charge is 0.152 e. The highest BCUT2D eigenvalue weighted by Crippen LogP contribution is 2.30. The number of rotatable bonds is 6. The molecule has 2 aliphatic heterocycles. The summed E-state index contributed by atoms with van der Waals surface area (Å²) in [6.07, 6.45) is 7.51. The molecule has 1 saturated heterocycles. The number of nitrogens with zero attached hydrogens (tertiary/aromatic N) is 4. The van der Waals surface area contributed by atoms with Crippen LogP contribution in [0.5, 0.6) is 0 Å². The zero-order valence-corrected chi connectivity index (χ0v) is 17.3. The van der Waals surface area contributed by atoms with Gasteiger partial charge in [0.15, 0.2) is 5.82 Å². The standard InChI is InChI=1S/C22H27ClN6/c23-18-6-7-20-19(14-18)17(15-25-20)4-1-2-9-27-10-12-28(13-11-27)29-16-26-22-21(29)5-3-8-24-22/h3,5-8,14-15,25H,1-2,4,9-13,16H2,(H,24,26). The Hall–Kier alpha value is -2.28. The van der Waals surface area contributed by atoms with E-state index in [1.54, 1.807) is 0 Å². The molecule has 0 radical (unpaired) electrons. The molecular formula is C22H27ClN6. The summed E-state index contributed by atoms with van der Waals surface area (Å²) in [6, 6.07) is 10.2. The molecule has 1 fully saturated rings. The van der Waals surface area contributed by atoms with Gasteiger partial charge in [0.25, 0.3) is 0 Å². The van der Waals surface area contributed by atoms with E-state index in [1.807, 2.05) is 18.3 Å². The third kappa shape index (κ3) is 3.92. The van der Waals surface area contributed by atoms with Crippen molar-refractivity contribution in [2.24, 2.45) is 0 Å². The second kappa shape index (κ2) is 8.22. The number of hydrogen-bond donors (Lipinski definition) is 2. The number of aromatic amines is 1. The lowest BCUT2D eigenvalue weighted by Gasteiger charge is -2.40. The highest BCUT2D eigenvalue weighted by molar-refractivity contribution is 6.31. The fourth-order valence-electron chi connectivity index (χ4n) is 4.44. The maximum Gasteiger partial charge on any atom is 0.152 e. The monoisotopic (exact) mass is 410 g/mol. The molecule has 6 nitrogen and oxygen atoms in total. The number of unbranched alkanes of at least 4 members (excludes halogenated alkanes) is 1. The number of benzene rings is 1. The molecule has 2 aliphatic rings. The van der Waals surface area contributed by atoms with Gasteiger partial charge in [-0.2, -0.15) is 0 Å². The largest absolute Gasteiger partial charge is 0.361 e. The maximum absolute atomic E-state index is 6.16. The van der Waals surface area contributed by atoms with Gasteiger partial charge in [-0.3, -0.25) is 5.01 Å². The van der Waals surface area contributed by atoms with Crippen LogP contribution < -0.4 is 10.3 Å². The quantitative estimate of drug-likeness (QED) is 0.602. The molecule has 0 unspecified atom stereocenters. The van der Waals surface area contributed by atoms with Crippen molar-refractivity contribution in [2.45, 2.75) is 19.3 Å². The molecule has 2 aromatic heterocycles. The summed E-state index contributed by atoms with van der Waals surface area (Å²) >= 11 is 6.16. The van der Waals surface area contributed by atoms with Crippen LogP contribution in [0.3, 0.4) is 0 Å². The van der Waals surface area contributed by atoms with Crippen molar-refractivity contribution in [3.05, 3.63) is 53.3 Å². The van der Waals surface area contributed by atoms with Crippen LogP contribution in [0.25, 0.3) is 10.9 Å². The van der Waals surface area contributed by atoms with Gasteiger partial charge in [-0.25, -0.2) is 9.99 Å². The first kappa shape index (κ1) is 18.7. The summed E-state index contributed by atoms with van der Waals surface area (Å²) in [5.74, 6) is 0.994. The van der Waals surface area contributed by atoms with E-state index in [2.05, 4.69) is 54.6 Å². The predicted octanol–water partition coefficient (Wildman–Crippen LogP) is 3.96. The molecular weight excluding hydrogens is 384 g/mol. The molecule has 29 heavy (non-hydrogen) atoms. The molecule has 0 saturated carbocycles. The third-order valence-electron chi connectivity index (χ3n) is 6.05. The average Bonchev–Trinajstić information content (AvgIpc) is 3.36. The molecule has 1 aromatic carbocycles. The molecule has 5 rings (SSSR count). The molecule has 152 valence electrons. The molecule has 7 heteroatoms. The van der Waals surface area contributed by atoms with Gasteiger partial charge >= 0.3 is 0 Å². The summed E-state index contributed by atoms with van der Waals surface area (Å²) in [4.78, 5) is 10.4. The van der Waals surface area contributed by atoms with Crippen molar-refractivity contribution in [3.63, 3.8) is 0 Å². The number of pyridine rings is 1. The second-order valence-corrected chi connectivity index (χ2v) is 8.30. The van der Waals surface area contributed by atoms with Crippen molar-refractivity contribution in [3.8, 4) is 0 Å². The second-order valence-electron chi connectivity index (χ2n) is 7.86. The molecule has 0 spiro atoms. The number of hydrazine groups is 1. The van der Waals surface area contributed by atoms with Gasteiger partial charge in [0.05, 0.1) is 5.69 Å². The van der Waals surface area contributed by atoms with E-state index in [9.17, 15) is 0 Å². The minimum atomic E-state index is 0.808. The van der Waals surface area contributed by atoms with E-state index in [-0.39, 0.29) is 0 Å². The van der Waals surface area contributed by atoms with Crippen LogP contribution in [0.15, 0.2) is 42.7 Å². The minimum absolute atomic E-state index is 0.808. The number of aryl methyl sites for hydroxylation is 1. The zero-order valence-electron chi connectivity index (χ0n) is 16.6. The van der Waals surface area contributed by atoms with Crippen LogP contribution in [-0.4, -0.2) is 59.3 Å². The fraction of sp³-hybridized carbons (Fsp3) is 0.409. The number of halogens is 1. The van der Waals surface area contributed by atoms with Crippen LogP contribution in [0, 0.1) is 0 Å². The summed E-state index contributed by atoms with van der Waals surface area (Å²) in [6.45, 7) is 6.37. The first-order valence-electron chi connectivity index (χ1n) is 10.5. The third-order valence-corrected chi connectivity index (χ3v) is 6.29. The van der Waals surface area contributed by atoms with Gasteiger partial charge in [-0.1, -0.05) is 11.6 Å². The van der Waals surface area contributed by atoms with E-state index in [0.717, 1.165) is 50.1 Å². The summed E-state index contributed by atoms with van der Waals surface area (Å²) < 4.78 is 0. The van der Waals surface area contributed by atoms with Crippen LogP contribution in [-0.2, 0) is 6.42 Å². The average molecular weight is 411 g/mol. The van der Waals surface area contributed by atoms with Gasteiger partial charge in [-0.05, 0) is 61.7 Å². The van der Waals surface area contributed by atoms with Crippen molar-refractivity contribution in [2.75, 3.05) is 49.7 Å². The molecule has 0 aliphatic carbocycles. The van der Waals surface area contributed by atoms with Gasteiger partial charge in [-0.15, -0.1) is 0 Å². The number of hydrogen-bond acceptors (Lipinski definition) is 5. The normalized spacial score (nSPS) is 17.6. The topological polar surface area (TPSA) is 50.4 Å². The summed E-state index contributed by atoms with van der Waals surface area (Å²) in [5.41, 5.74) is 3.75. The Balaban J connectivity index is 1.07. The molecule has 0 atom stereocenters. The Morgan fingerprint density at radius 3 is 2.86 bits per heavy atom. The zero-order chi connectivity index (χ0) is 19.6. The van der Waals surface area contributed by atoms with E-state index >= 15 is 0 Å². The minimum Gasteiger partial charge on any atom is -0.361 e. The van der Waals surface area contributed by atoms with Crippen LogP contribution in [0.2, 0.25) is 5.02 Å². The number of H-pyrrole nitrogens is 1. The lowest BCUT2D eigenvalue weighted by molar-refractivity contribution is 0.123. The molecule has 0 amide bonds. The Labute approximate surface area is 176 Å². The summed E-state index contributed by atoms with van der Waals surface area (Å²) in [5, 5.41) is 10.2. The Kier molecular flexibility index (Phi) is 5.31. The van der Waals surface area contributed by atoms with Crippen molar-refractivity contribution in [1.82, 2.24) is 19.9 Å².